The van der Waals surface area contributed by atoms with Crippen molar-refractivity contribution in [1.29, 1.82) is 0 Å². The summed E-state index contributed by atoms with van der Waals surface area (Å²) in [6, 6.07) is -1.57. The maximum absolute atomic E-state index is 12.8. The highest BCUT2D eigenvalue weighted by atomic mass is 19.4. The van der Waals surface area contributed by atoms with Crippen molar-refractivity contribution in [2.75, 3.05) is 6.54 Å². The van der Waals surface area contributed by atoms with Crippen LogP contribution < -0.4 is 0 Å². The Morgan fingerprint density at radius 1 is 1.29 bits per heavy atom. The molecule has 0 aliphatic carbocycles. The van der Waals surface area contributed by atoms with Crippen LogP contribution in [0.4, 0.5) is 13.2 Å². The molecule has 1 aliphatic rings. The fourth-order valence-electron chi connectivity index (χ4n) is 2.41. The Bertz CT molecular complexity index is 261. The van der Waals surface area contributed by atoms with Crippen molar-refractivity contribution in [3.8, 4) is 0 Å². The Labute approximate surface area is 100 Å². The molecule has 0 aromatic heterocycles. The van der Waals surface area contributed by atoms with Crippen LogP contribution >= 0.6 is 0 Å². The lowest BCUT2D eigenvalue weighted by atomic mass is 9.96. The molecule has 1 atom stereocenters. The van der Waals surface area contributed by atoms with Gasteiger partial charge in [0, 0.05) is 12.5 Å². The molecule has 0 N–H and O–H groups in total. The number of alkyl halides is 3. The van der Waals surface area contributed by atoms with E-state index < -0.39 is 12.2 Å². The summed E-state index contributed by atoms with van der Waals surface area (Å²) in [7, 11) is 0. The van der Waals surface area contributed by atoms with Gasteiger partial charge in [-0.05, 0) is 32.1 Å². The molecule has 0 aromatic rings. The van der Waals surface area contributed by atoms with Crippen LogP contribution in [0.25, 0.3) is 0 Å². The fourth-order valence-corrected chi connectivity index (χ4v) is 2.41. The van der Waals surface area contributed by atoms with Gasteiger partial charge in [-0.3, -0.25) is 4.79 Å². The van der Waals surface area contributed by atoms with Gasteiger partial charge in [0.05, 0.1) is 0 Å². The van der Waals surface area contributed by atoms with E-state index in [1.807, 2.05) is 13.8 Å². The molecule has 0 spiro atoms. The van der Waals surface area contributed by atoms with Crippen molar-refractivity contribution in [3.63, 3.8) is 0 Å². The van der Waals surface area contributed by atoms with Gasteiger partial charge in [0.15, 0.2) is 0 Å². The first-order valence-corrected chi connectivity index (χ1v) is 6.29. The fraction of sp³-hybridized carbons (Fsp3) is 0.917. The first-order chi connectivity index (χ1) is 7.91. The minimum absolute atomic E-state index is 0.0510. The van der Waals surface area contributed by atoms with E-state index in [9.17, 15) is 18.0 Å². The van der Waals surface area contributed by atoms with Gasteiger partial charge >= 0.3 is 6.18 Å². The molecular weight excluding hydrogens is 231 g/mol. The summed E-state index contributed by atoms with van der Waals surface area (Å²) in [4.78, 5) is 13.1. The summed E-state index contributed by atoms with van der Waals surface area (Å²) in [5.74, 6) is -0.588. The number of hydrogen-bond acceptors (Lipinski definition) is 1. The standard InChI is InChI=1S/C12H20F3NO/c1-3-9(4-2)11(17)16-8-6-5-7-10(16)12(13,14)15/h9-10H,3-8H2,1-2H3. The van der Waals surface area contributed by atoms with Crippen molar-refractivity contribution in [2.45, 2.75) is 58.2 Å². The molecule has 100 valence electrons. The number of hydrogen-bond donors (Lipinski definition) is 0. The SMILES string of the molecule is CCC(CC)C(=O)N1CCCCC1C(F)(F)F. The molecule has 0 radical (unpaired) electrons. The molecule has 1 heterocycles. The highest BCUT2D eigenvalue weighted by Gasteiger charge is 2.46. The Balaban J connectivity index is 2.81. The number of halogens is 3. The monoisotopic (exact) mass is 251 g/mol. The minimum Gasteiger partial charge on any atom is -0.330 e. The number of carbonyl (C=O) groups is 1. The maximum Gasteiger partial charge on any atom is 0.408 e. The highest BCUT2D eigenvalue weighted by molar-refractivity contribution is 5.79. The summed E-state index contributed by atoms with van der Waals surface area (Å²) < 4.78 is 38.5. The Kier molecular flexibility index (Phi) is 4.83. The second-order valence-corrected chi connectivity index (χ2v) is 4.60. The molecule has 1 unspecified atom stereocenters. The van der Waals surface area contributed by atoms with Crippen molar-refractivity contribution >= 4 is 5.91 Å². The first kappa shape index (κ1) is 14.3. The van der Waals surface area contributed by atoms with E-state index in [0.717, 1.165) is 4.90 Å². The van der Waals surface area contributed by atoms with Crippen molar-refractivity contribution in [3.05, 3.63) is 0 Å². The molecular formula is C12H20F3NO. The maximum atomic E-state index is 12.8. The van der Waals surface area contributed by atoms with Crippen molar-refractivity contribution in [2.24, 2.45) is 5.92 Å². The van der Waals surface area contributed by atoms with Crippen LogP contribution in [0.15, 0.2) is 0 Å². The van der Waals surface area contributed by atoms with Gasteiger partial charge in [0.1, 0.15) is 6.04 Å². The molecule has 1 rings (SSSR count). The second-order valence-electron chi connectivity index (χ2n) is 4.60. The lowest BCUT2D eigenvalue weighted by molar-refractivity contribution is -0.197. The third-order valence-corrected chi connectivity index (χ3v) is 3.50. The average molecular weight is 251 g/mol. The number of likely N-dealkylation sites (tertiary alicyclic amines) is 1. The van der Waals surface area contributed by atoms with Crippen LogP contribution in [-0.4, -0.2) is 29.6 Å². The third-order valence-electron chi connectivity index (χ3n) is 3.50. The second kappa shape index (κ2) is 5.74. The van der Waals surface area contributed by atoms with Gasteiger partial charge in [0.2, 0.25) is 5.91 Å². The summed E-state index contributed by atoms with van der Waals surface area (Å²) >= 11 is 0. The number of nitrogens with zero attached hydrogens (tertiary/aromatic N) is 1. The molecule has 1 amide bonds. The topological polar surface area (TPSA) is 20.3 Å². The van der Waals surface area contributed by atoms with Crippen molar-refractivity contribution < 1.29 is 18.0 Å². The summed E-state index contributed by atoms with van der Waals surface area (Å²) in [6.07, 6.45) is -1.79. The van der Waals surface area contributed by atoms with E-state index in [2.05, 4.69) is 0 Å². The van der Waals surface area contributed by atoms with Gasteiger partial charge < -0.3 is 4.90 Å². The summed E-state index contributed by atoms with van der Waals surface area (Å²) in [5.41, 5.74) is 0. The molecule has 0 bridgehead atoms. The summed E-state index contributed by atoms with van der Waals surface area (Å²) in [5, 5.41) is 0. The van der Waals surface area contributed by atoms with E-state index in [-0.39, 0.29) is 24.8 Å². The zero-order chi connectivity index (χ0) is 13.1. The molecule has 2 nitrogen and oxygen atoms in total. The quantitative estimate of drug-likeness (QED) is 0.753. The Morgan fingerprint density at radius 3 is 2.35 bits per heavy atom. The predicted octanol–water partition coefficient (Wildman–Crippen LogP) is 3.37. The van der Waals surface area contributed by atoms with Crippen LogP contribution in [0, 0.1) is 5.92 Å². The average Bonchev–Trinajstić information content (AvgIpc) is 2.29. The smallest absolute Gasteiger partial charge is 0.330 e. The highest BCUT2D eigenvalue weighted by Crippen LogP contribution is 2.33. The van der Waals surface area contributed by atoms with E-state index >= 15 is 0 Å². The van der Waals surface area contributed by atoms with E-state index in [1.165, 1.54) is 0 Å². The first-order valence-electron chi connectivity index (χ1n) is 6.29. The zero-order valence-electron chi connectivity index (χ0n) is 10.4. The van der Waals surface area contributed by atoms with Crippen molar-refractivity contribution in [1.82, 2.24) is 4.90 Å². The third kappa shape index (κ3) is 3.36. The molecule has 0 saturated carbocycles. The van der Waals surface area contributed by atoms with Crippen LogP contribution in [0.5, 0.6) is 0 Å². The Morgan fingerprint density at radius 2 is 1.88 bits per heavy atom. The lowest BCUT2D eigenvalue weighted by Gasteiger charge is -2.38. The van der Waals surface area contributed by atoms with Gasteiger partial charge in [-0.25, -0.2) is 0 Å². The largest absolute Gasteiger partial charge is 0.408 e. The molecule has 5 heteroatoms. The van der Waals surface area contributed by atoms with Crippen LogP contribution in [0.1, 0.15) is 46.0 Å². The molecule has 17 heavy (non-hydrogen) atoms. The minimum atomic E-state index is -4.29. The number of rotatable bonds is 3. The van der Waals surface area contributed by atoms with E-state index in [0.29, 0.717) is 25.7 Å². The van der Waals surface area contributed by atoms with Gasteiger partial charge in [-0.1, -0.05) is 13.8 Å². The zero-order valence-corrected chi connectivity index (χ0v) is 10.4. The van der Waals surface area contributed by atoms with E-state index in [1.54, 1.807) is 0 Å². The molecule has 1 fully saturated rings. The van der Waals surface area contributed by atoms with Crippen LogP contribution in [0.2, 0.25) is 0 Å². The van der Waals surface area contributed by atoms with Gasteiger partial charge in [-0.2, -0.15) is 13.2 Å². The predicted molar refractivity (Wildman–Crippen MR) is 59.5 cm³/mol. The van der Waals surface area contributed by atoms with E-state index in [4.69, 9.17) is 0 Å². The molecule has 1 saturated heterocycles. The number of amides is 1. The Hall–Kier alpha value is -0.740. The van der Waals surface area contributed by atoms with Crippen LogP contribution in [0.3, 0.4) is 0 Å². The summed E-state index contributed by atoms with van der Waals surface area (Å²) in [6.45, 7) is 3.94. The van der Waals surface area contributed by atoms with Crippen LogP contribution in [-0.2, 0) is 4.79 Å². The van der Waals surface area contributed by atoms with Gasteiger partial charge in [-0.15, -0.1) is 0 Å². The number of piperidine rings is 1. The van der Waals surface area contributed by atoms with Gasteiger partial charge in [0.25, 0.3) is 0 Å². The lowest BCUT2D eigenvalue weighted by Crippen LogP contribution is -2.53. The normalized spacial score (nSPS) is 22.0. The number of carbonyl (C=O) groups excluding carboxylic acids is 1. The molecule has 0 aromatic carbocycles. The molecule has 1 aliphatic heterocycles.